The van der Waals surface area contributed by atoms with Crippen LogP contribution >= 0.6 is 0 Å². The molecule has 4 rings (SSSR count). The van der Waals surface area contributed by atoms with E-state index in [9.17, 15) is 9.59 Å². The molecule has 7 heteroatoms. The predicted octanol–water partition coefficient (Wildman–Crippen LogP) is 5.30. The van der Waals surface area contributed by atoms with Crippen molar-refractivity contribution in [2.24, 2.45) is 0 Å². The van der Waals surface area contributed by atoms with Crippen molar-refractivity contribution in [1.82, 2.24) is 15.0 Å². The van der Waals surface area contributed by atoms with E-state index in [1.54, 1.807) is 42.5 Å². The number of nitrogens with zero attached hydrogens (tertiary/aromatic N) is 3. The maximum atomic E-state index is 13.0. The summed E-state index contributed by atoms with van der Waals surface area (Å²) in [6.07, 6.45) is 4.46. The molecule has 1 N–H and O–H groups in total. The first-order valence-electron chi connectivity index (χ1n) is 11.5. The number of rotatable bonds is 4. The van der Waals surface area contributed by atoms with Crippen LogP contribution in [0.25, 0.3) is 11.5 Å². The third-order valence-electron chi connectivity index (χ3n) is 5.78. The van der Waals surface area contributed by atoms with Crippen molar-refractivity contribution in [3.8, 4) is 11.5 Å². The molecule has 0 aliphatic carbocycles. The number of hydrogen-bond donors (Lipinski definition) is 1. The molecular formula is C26H30N4O3. The van der Waals surface area contributed by atoms with Gasteiger partial charge in [-0.05, 0) is 49.2 Å². The molecule has 1 saturated heterocycles. The number of amides is 2. The summed E-state index contributed by atoms with van der Waals surface area (Å²) >= 11 is 0. The predicted molar refractivity (Wildman–Crippen MR) is 127 cm³/mol. The second-order valence-electron chi connectivity index (χ2n) is 9.46. The molecule has 172 valence electrons. The molecule has 7 nitrogen and oxygen atoms in total. The minimum atomic E-state index is -0.285. The minimum Gasteiger partial charge on any atom is -0.339 e. The van der Waals surface area contributed by atoms with Gasteiger partial charge in [-0.2, -0.15) is 4.98 Å². The molecule has 1 fully saturated rings. The number of likely N-dealkylation sites (tertiary alicyclic amines) is 1. The normalized spacial score (nSPS) is 14.6. The summed E-state index contributed by atoms with van der Waals surface area (Å²) < 4.78 is 5.44. The number of anilines is 1. The Kier molecular flexibility index (Phi) is 6.58. The van der Waals surface area contributed by atoms with Crippen LogP contribution in [-0.4, -0.2) is 39.9 Å². The highest BCUT2D eigenvalue weighted by molar-refractivity contribution is 6.08. The summed E-state index contributed by atoms with van der Waals surface area (Å²) in [6, 6.07) is 14.2. The summed E-state index contributed by atoms with van der Waals surface area (Å²) in [5, 5.41) is 6.97. The highest BCUT2D eigenvalue weighted by Crippen LogP contribution is 2.27. The highest BCUT2D eigenvalue weighted by Gasteiger charge is 2.24. The van der Waals surface area contributed by atoms with Gasteiger partial charge in [0, 0.05) is 29.8 Å². The van der Waals surface area contributed by atoms with Gasteiger partial charge in [-0.3, -0.25) is 9.59 Å². The van der Waals surface area contributed by atoms with Gasteiger partial charge < -0.3 is 14.7 Å². The van der Waals surface area contributed by atoms with E-state index in [1.807, 2.05) is 31.7 Å². The van der Waals surface area contributed by atoms with E-state index in [0.29, 0.717) is 34.1 Å². The lowest BCUT2D eigenvalue weighted by molar-refractivity contribution is 0.0761. The average Bonchev–Trinajstić information content (AvgIpc) is 3.16. The van der Waals surface area contributed by atoms with Crippen LogP contribution in [0.5, 0.6) is 0 Å². The van der Waals surface area contributed by atoms with Gasteiger partial charge in [-0.25, -0.2) is 0 Å². The fourth-order valence-electron chi connectivity index (χ4n) is 3.86. The first-order chi connectivity index (χ1) is 15.8. The number of aromatic nitrogens is 2. The molecule has 0 bridgehead atoms. The SMILES string of the molecule is CC(C)(C)c1noc(-c2ccccc2C(=O)Nc2ccc(C(=O)N3CCCCCC3)cc2)n1. The van der Waals surface area contributed by atoms with Crippen molar-refractivity contribution in [2.75, 3.05) is 18.4 Å². The maximum absolute atomic E-state index is 13.0. The topological polar surface area (TPSA) is 88.3 Å². The Morgan fingerprint density at radius 3 is 2.24 bits per heavy atom. The zero-order chi connectivity index (χ0) is 23.4. The van der Waals surface area contributed by atoms with Crippen molar-refractivity contribution in [1.29, 1.82) is 0 Å². The highest BCUT2D eigenvalue weighted by atomic mass is 16.5. The van der Waals surface area contributed by atoms with Crippen LogP contribution in [0.3, 0.4) is 0 Å². The fraction of sp³-hybridized carbons (Fsp3) is 0.385. The van der Waals surface area contributed by atoms with Gasteiger partial charge in [-0.15, -0.1) is 0 Å². The quantitative estimate of drug-likeness (QED) is 0.587. The third kappa shape index (κ3) is 5.30. The Morgan fingerprint density at radius 1 is 0.939 bits per heavy atom. The van der Waals surface area contributed by atoms with Gasteiger partial charge in [-0.1, -0.05) is 50.9 Å². The molecule has 0 saturated carbocycles. The first-order valence-corrected chi connectivity index (χ1v) is 11.5. The molecule has 2 amide bonds. The van der Waals surface area contributed by atoms with E-state index in [1.165, 1.54) is 12.8 Å². The van der Waals surface area contributed by atoms with E-state index >= 15 is 0 Å². The van der Waals surface area contributed by atoms with Crippen LogP contribution in [0.1, 0.15) is 73.0 Å². The smallest absolute Gasteiger partial charge is 0.258 e. The third-order valence-corrected chi connectivity index (χ3v) is 5.78. The van der Waals surface area contributed by atoms with Gasteiger partial charge in [0.05, 0.1) is 11.1 Å². The minimum absolute atomic E-state index is 0.0474. The van der Waals surface area contributed by atoms with Crippen molar-refractivity contribution >= 4 is 17.5 Å². The van der Waals surface area contributed by atoms with Gasteiger partial charge in [0.15, 0.2) is 5.82 Å². The van der Waals surface area contributed by atoms with Crippen LogP contribution in [-0.2, 0) is 5.41 Å². The van der Waals surface area contributed by atoms with Crippen molar-refractivity contribution in [3.05, 3.63) is 65.5 Å². The van der Waals surface area contributed by atoms with Gasteiger partial charge in [0.1, 0.15) is 0 Å². The molecule has 33 heavy (non-hydrogen) atoms. The Balaban J connectivity index is 1.49. The van der Waals surface area contributed by atoms with E-state index in [2.05, 4.69) is 15.5 Å². The lowest BCUT2D eigenvalue weighted by Crippen LogP contribution is -2.31. The zero-order valence-corrected chi connectivity index (χ0v) is 19.4. The molecule has 0 spiro atoms. The first kappa shape index (κ1) is 22.7. The van der Waals surface area contributed by atoms with Gasteiger partial charge >= 0.3 is 0 Å². The maximum Gasteiger partial charge on any atom is 0.258 e. The summed E-state index contributed by atoms with van der Waals surface area (Å²) in [6.45, 7) is 7.62. The number of hydrogen-bond acceptors (Lipinski definition) is 5. The molecule has 0 unspecified atom stereocenters. The molecule has 0 radical (unpaired) electrons. The Morgan fingerprint density at radius 2 is 1.61 bits per heavy atom. The van der Waals surface area contributed by atoms with Crippen LogP contribution in [0.4, 0.5) is 5.69 Å². The van der Waals surface area contributed by atoms with E-state index < -0.39 is 0 Å². The zero-order valence-electron chi connectivity index (χ0n) is 19.4. The second kappa shape index (κ2) is 9.57. The summed E-state index contributed by atoms with van der Waals surface area (Å²) in [7, 11) is 0. The van der Waals surface area contributed by atoms with Crippen molar-refractivity contribution in [3.63, 3.8) is 0 Å². The Labute approximate surface area is 194 Å². The van der Waals surface area contributed by atoms with E-state index in [-0.39, 0.29) is 17.2 Å². The molecule has 1 aliphatic heterocycles. The van der Waals surface area contributed by atoms with Crippen molar-refractivity contribution < 1.29 is 14.1 Å². The largest absolute Gasteiger partial charge is 0.339 e. The second-order valence-corrected chi connectivity index (χ2v) is 9.46. The molecule has 0 atom stereocenters. The van der Waals surface area contributed by atoms with Gasteiger partial charge in [0.2, 0.25) is 0 Å². The number of carbonyl (C=O) groups excluding carboxylic acids is 2. The summed E-state index contributed by atoms with van der Waals surface area (Å²) in [4.78, 5) is 32.2. The molecular weight excluding hydrogens is 416 g/mol. The van der Waals surface area contributed by atoms with Crippen LogP contribution in [0.15, 0.2) is 53.1 Å². The lowest BCUT2D eigenvalue weighted by atomic mass is 9.96. The number of nitrogens with one attached hydrogen (secondary N) is 1. The van der Waals surface area contributed by atoms with Crippen LogP contribution in [0, 0.1) is 0 Å². The molecule has 3 aromatic rings. The van der Waals surface area contributed by atoms with Gasteiger partial charge in [0.25, 0.3) is 17.7 Å². The molecule has 1 aliphatic rings. The molecule has 2 heterocycles. The monoisotopic (exact) mass is 446 g/mol. The summed E-state index contributed by atoms with van der Waals surface area (Å²) in [5.41, 5.74) is 2.00. The lowest BCUT2D eigenvalue weighted by Gasteiger charge is -2.20. The van der Waals surface area contributed by atoms with E-state index in [0.717, 1.165) is 25.9 Å². The fourth-order valence-corrected chi connectivity index (χ4v) is 3.86. The van der Waals surface area contributed by atoms with Crippen molar-refractivity contribution in [2.45, 2.75) is 51.9 Å². The van der Waals surface area contributed by atoms with Crippen LogP contribution < -0.4 is 5.32 Å². The molecule has 1 aromatic heterocycles. The standard InChI is InChI=1S/C26H30N4O3/c1-26(2,3)25-28-23(33-29-25)21-11-7-6-10-20(21)22(31)27-19-14-12-18(13-15-19)24(32)30-16-8-4-5-9-17-30/h6-7,10-15H,4-5,8-9,16-17H2,1-3H3,(H,27,31). The average molecular weight is 447 g/mol. The van der Waals surface area contributed by atoms with E-state index in [4.69, 9.17) is 4.52 Å². The summed E-state index contributed by atoms with van der Waals surface area (Å²) in [5.74, 6) is 0.653. The Bertz CT molecular complexity index is 1120. The molecule has 2 aromatic carbocycles. The van der Waals surface area contributed by atoms with Crippen LogP contribution in [0.2, 0.25) is 0 Å². The Hall–Kier alpha value is -3.48. The number of carbonyl (C=O) groups is 2. The number of benzene rings is 2.